The molecule has 0 bridgehead atoms. The standard InChI is InChI=1S/C16H11BrO3/c17-16-15(11-4-2-1-3-5-11)12-8-10(9-14(18)19)6-7-13(12)20-16/h1-8H,9H2,(H,18,19). The molecule has 0 aliphatic rings. The van der Waals surface area contributed by atoms with Crippen LogP contribution in [0.2, 0.25) is 0 Å². The molecule has 1 heterocycles. The van der Waals surface area contributed by atoms with Crippen molar-refractivity contribution in [3.05, 3.63) is 58.8 Å². The third-order valence-corrected chi connectivity index (χ3v) is 3.69. The van der Waals surface area contributed by atoms with Gasteiger partial charge in [-0.25, -0.2) is 0 Å². The van der Waals surface area contributed by atoms with Gasteiger partial charge in [0.2, 0.25) is 0 Å². The number of aliphatic carboxylic acids is 1. The van der Waals surface area contributed by atoms with Gasteiger partial charge in [0.25, 0.3) is 0 Å². The summed E-state index contributed by atoms with van der Waals surface area (Å²) in [6.07, 6.45) is 0.00691. The van der Waals surface area contributed by atoms with Crippen molar-refractivity contribution in [3.63, 3.8) is 0 Å². The van der Waals surface area contributed by atoms with E-state index >= 15 is 0 Å². The van der Waals surface area contributed by atoms with Gasteiger partial charge in [-0.3, -0.25) is 4.79 Å². The Hall–Kier alpha value is -2.07. The lowest BCUT2D eigenvalue weighted by molar-refractivity contribution is -0.136. The van der Waals surface area contributed by atoms with Gasteiger partial charge in [-0.2, -0.15) is 0 Å². The maximum absolute atomic E-state index is 10.8. The molecule has 1 aromatic heterocycles. The van der Waals surface area contributed by atoms with Crippen molar-refractivity contribution < 1.29 is 14.3 Å². The minimum atomic E-state index is -0.840. The van der Waals surface area contributed by atoms with Crippen molar-refractivity contribution >= 4 is 32.9 Å². The SMILES string of the molecule is O=C(O)Cc1ccc2oc(Br)c(-c3ccccc3)c2c1. The van der Waals surface area contributed by atoms with E-state index in [2.05, 4.69) is 15.9 Å². The molecule has 2 aromatic carbocycles. The summed E-state index contributed by atoms with van der Waals surface area (Å²) in [6, 6.07) is 15.3. The molecule has 3 aromatic rings. The second kappa shape index (κ2) is 5.13. The second-order valence-corrected chi connectivity index (χ2v) is 5.24. The fourth-order valence-electron chi connectivity index (χ4n) is 2.27. The van der Waals surface area contributed by atoms with Crippen molar-refractivity contribution in [1.82, 2.24) is 0 Å². The molecule has 0 aliphatic heterocycles. The lowest BCUT2D eigenvalue weighted by Crippen LogP contribution is -1.99. The number of hydrogen-bond donors (Lipinski definition) is 1. The molecule has 0 spiro atoms. The third-order valence-electron chi connectivity index (χ3n) is 3.13. The van der Waals surface area contributed by atoms with E-state index in [4.69, 9.17) is 9.52 Å². The van der Waals surface area contributed by atoms with Crippen molar-refractivity contribution in [2.45, 2.75) is 6.42 Å². The fourth-order valence-corrected chi connectivity index (χ4v) is 2.89. The number of hydrogen-bond acceptors (Lipinski definition) is 2. The van der Waals surface area contributed by atoms with E-state index in [1.807, 2.05) is 42.5 Å². The first-order valence-electron chi connectivity index (χ1n) is 6.13. The van der Waals surface area contributed by atoms with Crippen LogP contribution in [-0.4, -0.2) is 11.1 Å². The van der Waals surface area contributed by atoms with Crippen molar-refractivity contribution in [1.29, 1.82) is 0 Å². The quantitative estimate of drug-likeness (QED) is 0.769. The van der Waals surface area contributed by atoms with Gasteiger partial charge in [0.15, 0.2) is 4.67 Å². The van der Waals surface area contributed by atoms with Crippen LogP contribution in [0.4, 0.5) is 0 Å². The zero-order valence-corrected chi connectivity index (χ0v) is 12.1. The van der Waals surface area contributed by atoms with Crippen LogP contribution in [-0.2, 0) is 11.2 Å². The average Bonchev–Trinajstić information content (AvgIpc) is 2.74. The monoisotopic (exact) mass is 330 g/mol. The Morgan fingerprint density at radius 2 is 1.90 bits per heavy atom. The molecule has 0 saturated heterocycles. The highest BCUT2D eigenvalue weighted by Crippen LogP contribution is 2.38. The molecule has 0 radical (unpaired) electrons. The highest BCUT2D eigenvalue weighted by atomic mass is 79.9. The summed E-state index contributed by atoms with van der Waals surface area (Å²) < 4.78 is 6.34. The molecule has 3 nitrogen and oxygen atoms in total. The van der Waals surface area contributed by atoms with Gasteiger partial charge < -0.3 is 9.52 Å². The van der Waals surface area contributed by atoms with Crippen LogP contribution in [0.25, 0.3) is 22.1 Å². The molecule has 0 aliphatic carbocycles. The Morgan fingerprint density at radius 3 is 2.60 bits per heavy atom. The van der Waals surface area contributed by atoms with Gasteiger partial charge in [0, 0.05) is 10.9 Å². The summed E-state index contributed by atoms with van der Waals surface area (Å²) >= 11 is 3.44. The minimum Gasteiger partial charge on any atom is -0.481 e. The maximum atomic E-state index is 10.8. The first kappa shape index (κ1) is 12.9. The summed E-state index contributed by atoms with van der Waals surface area (Å²) in [5.74, 6) is -0.840. The summed E-state index contributed by atoms with van der Waals surface area (Å²) in [5, 5.41) is 9.82. The van der Waals surface area contributed by atoms with Crippen LogP contribution in [0.3, 0.4) is 0 Å². The number of carboxylic acid groups (broad SMARTS) is 1. The van der Waals surface area contributed by atoms with Crippen LogP contribution in [0, 0.1) is 0 Å². The van der Waals surface area contributed by atoms with Crippen LogP contribution in [0.15, 0.2) is 57.6 Å². The first-order chi connectivity index (χ1) is 9.65. The lowest BCUT2D eigenvalue weighted by Gasteiger charge is -2.01. The van der Waals surface area contributed by atoms with Crippen LogP contribution >= 0.6 is 15.9 Å². The van der Waals surface area contributed by atoms with Crippen LogP contribution < -0.4 is 0 Å². The second-order valence-electron chi connectivity index (χ2n) is 4.52. The van der Waals surface area contributed by atoms with Gasteiger partial charge >= 0.3 is 5.97 Å². The molecule has 0 fully saturated rings. The van der Waals surface area contributed by atoms with E-state index in [-0.39, 0.29) is 6.42 Å². The van der Waals surface area contributed by atoms with Crippen molar-refractivity contribution in [2.75, 3.05) is 0 Å². The van der Waals surface area contributed by atoms with Crippen LogP contribution in [0.5, 0.6) is 0 Å². The Kier molecular flexibility index (Phi) is 3.32. The zero-order chi connectivity index (χ0) is 14.1. The Labute approximate surface area is 124 Å². The molecule has 3 rings (SSSR count). The Morgan fingerprint density at radius 1 is 1.15 bits per heavy atom. The highest BCUT2D eigenvalue weighted by Gasteiger charge is 2.14. The van der Waals surface area contributed by atoms with E-state index in [1.54, 1.807) is 6.07 Å². The van der Waals surface area contributed by atoms with E-state index in [1.165, 1.54) is 0 Å². The fraction of sp³-hybridized carbons (Fsp3) is 0.0625. The van der Waals surface area contributed by atoms with E-state index < -0.39 is 5.97 Å². The smallest absolute Gasteiger partial charge is 0.307 e. The number of benzene rings is 2. The van der Waals surface area contributed by atoms with E-state index in [0.717, 1.165) is 27.7 Å². The third kappa shape index (κ3) is 2.34. The average molecular weight is 331 g/mol. The van der Waals surface area contributed by atoms with Gasteiger partial charge in [-0.15, -0.1) is 0 Å². The normalized spacial score (nSPS) is 10.8. The van der Waals surface area contributed by atoms with Crippen molar-refractivity contribution in [3.8, 4) is 11.1 Å². The molecular weight excluding hydrogens is 320 g/mol. The van der Waals surface area contributed by atoms with Gasteiger partial charge in [-0.05, 0) is 39.2 Å². The van der Waals surface area contributed by atoms with Gasteiger partial charge in [0.1, 0.15) is 5.58 Å². The number of furan rings is 1. The molecule has 0 unspecified atom stereocenters. The summed E-state index contributed by atoms with van der Waals surface area (Å²) in [4.78, 5) is 10.8. The predicted molar refractivity (Wildman–Crippen MR) is 80.7 cm³/mol. The summed E-state index contributed by atoms with van der Waals surface area (Å²) in [5.41, 5.74) is 3.48. The number of rotatable bonds is 3. The Balaban J connectivity index is 2.20. The Bertz CT molecular complexity index is 775. The van der Waals surface area contributed by atoms with Crippen LogP contribution in [0.1, 0.15) is 5.56 Å². The molecule has 4 heteroatoms. The number of fused-ring (bicyclic) bond motifs is 1. The predicted octanol–water partition coefficient (Wildman–Crippen LogP) is 4.49. The molecule has 0 saturated carbocycles. The van der Waals surface area contributed by atoms with E-state index in [0.29, 0.717) is 4.67 Å². The number of carboxylic acids is 1. The molecular formula is C16H11BrO3. The highest BCUT2D eigenvalue weighted by molar-refractivity contribution is 9.10. The van der Waals surface area contributed by atoms with Gasteiger partial charge in [0.05, 0.1) is 6.42 Å². The topological polar surface area (TPSA) is 50.4 Å². The van der Waals surface area contributed by atoms with E-state index in [9.17, 15) is 4.79 Å². The number of halogens is 1. The minimum absolute atomic E-state index is 0.00691. The molecule has 100 valence electrons. The zero-order valence-electron chi connectivity index (χ0n) is 10.5. The first-order valence-corrected chi connectivity index (χ1v) is 6.92. The summed E-state index contributed by atoms with van der Waals surface area (Å²) in [6.45, 7) is 0. The number of carbonyl (C=O) groups is 1. The van der Waals surface area contributed by atoms with Gasteiger partial charge in [-0.1, -0.05) is 36.4 Å². The largest absolute Gasteiger partial charge is 0.481 e. The molecule has 20 heavy (non-hydrogen) atoms. The molecule has 0 amide bonds. The summed E-state index contributed by atoms with van der Waals surface area (Å²) in [7, 11) is 0. The maximum Gasteiger partial charge on any atom is 0.307 e. The lowest BCUT2D eigenvalue weighted by atomic mass is 10.0. The van der Waals surface area contributed by atoms with Crippen molar-refractivity contribution in [2.24, 2.45) is 0 Å². The molecule has 0 atom stereocenters. The molecule has 1 N–H and O–H groups in total.